The maximum Gasteiger partial charge on any atom is 0.298 e. The van der Waals surface area contributed by atoms with Crippen LogP contribution in [0.25, 0.3) is 0 Å². The molecule has 2 atom stereocenters. The van der Waals surface area contributed by atoms with E-state index in [1.807, 2.05) is 6.92 Å². The summed E-state index contributed by atoms with van der Waals surface area (Å²) >= 11 is 0. The number of ether oxygens (including phenoxy) is 1. The molecule has 1 aliphatic heterocycles. The number of rotatable bonds is 8. The molecular weight excluding hydrogens is 250 g/mol. The SMILES string of the molecule is CCOCCC(C)CCC1=NNC(O)C([N+](=O)[O-])=C1. The van der Waals surface area contributed by atoms with Gasteiger partial charge in [0.25, 0.3) is 5.70 Å². The van der Waals surface area contributed by atoms with E-state index >= 15 is 0 Å². The van der Waals surface area contributed by atoms with E-state index in [2.05, 4.69) is 17.5 Å². The minimum absolute atomic E-state index is 0.257. The highest BCUT2D eigenvalue weighted by molar-refractivity contribution is 5.95. The van der Waals surface area contributed by atoms with Crippen molar-refractivity contribution in [3.8, 4) is 0 Å². The largest absolute Gasteiger partial charge is 0.382 e. The highest BCUT2D eigenvalue weighted by Gasteiger charge is 2.26. The highest BCUT2D eigenvalue weighted by atomic mass is 16.6. The zero-order valence-electron chi connectivity index (χ0n) is 11.3. The van der Waals surface area contributed by atoms with Crippen molar-refractivity contribution < 1.29 is 14.8 Å². The average Bonchev–Trinajstić information content (AvgIpc) is 2.37. The summed E-state index contributed by atoms with van der Waals surface area (Å²) in [6.07, 6.45) is 2.50. The summed E-state index contributed by atoms with van der Waals surface area (Å²) in [5.74, 6) is 0.466. The number of hydrogen-bond acceptors (Lipinski definition) is 6. The maximum absolute atomic E-state index is 10.7. The molecule has 0 aliphatic carbocycles. The van der Waals surface area contributed by atoms with Crippen molar-refractivity contribution in [1.29, 1.82) is 0 Å². The number of hydrogen-bond donors (Lipinski definition) is 2. The van der Waals surface area contributed by atoms with E-state index < -0.39 is 11.2 Å². The van der Waals surface area contributed by atoms with Gasteiger partial charge in [0, 0.05) is 19.3 Å². The van der Waals surface area contributed by atoms with Gasteiger partial charge >= 0.3 is 0 Å². The standard InChI is InChI=1S/C12H21N3O4/c1-3-19-7-6-9(2)4-5-10-8-11(15(17)18)12(16)14-13-10/h8-9,12,14,16H,3-7H2,1-2H3. The van der Waals surface area contributed by atoms with Crippen LogP contribution >= 0.6 is 0 Å². The Morgan fingerprint density at radius 3 is 3.00 bits per heavy atom. The lowest BCUT2D eigenvalue weighted by Gasteiger charge is -2.15. The molecule has 0 spiro atoms. The number of hydrazone groups is 1. The van der Waals surface area contributed by atoms with Crippen LogP contribution in [-0.2, 0) is 4.74 Å². The molecule has 1 aliphatic rings. The van der Waals surface area contributed by atoms with Crippen LogP contribution in [0, 0.1) is 16.0 Å². The van der Waals surface area contributed by atoms with Gasteiger partial charge in [-0.3, -0.25) is 15.5 Å². The third-order valence-electron chi connectivity index (χ3n) is 2.99. The summed E-state index contributed by atoms with van der Waals surface area (Å²) in [7, 11) is 0. The third-order valence-corrected chi connectivity index (χ3v) is 2.99. The van der Waals surface area contributed by atoms with Gasteiger partial charge in [-0.15, -0.1) is 0 Å². The van der Waals surface area contributed by atoms with E-state index in [0.717, 1.165) is 26.1 Å². The fourth-order valence-electron chi connectivity index (χ4n) is 1.74. The number of aliphatic hydroxyl groups excluding tert-OH is 1. The Bertz CT molecular complexity index is 368. The van der Waals surface area contributed by atoms with Crippen molar-refractivity contribution in [2.75, 3.05) is 13.2 Å². The van der Waals surface area contributed by atoms with E-state index in [9.17, 15) is 15.2 Å². The zero-order valence-corrected chi connectivity index (χ0v) is 11.3. The third kappa shape index (κ3) is 5.35. The Kier molecular flexibility index (Phi) is 6.44. The minimum atomic E-state index is -1.32. The fourth-order valence-corrected chi connectivity index (χ4v) is 1.74. The monoisotopic (exact) mass is 271 g/mol. The molecule has 0 bridgehead atoms. The first-order valence-electron chi connectivity index (χ1n) is 6.48. The highest BCUT2D eigenvalue weighted by Crippen LogP contribution is 2.14. The number of nitro groups is 1. The maximum atomic E-state index is 10.7. The topological polar surface area (TPSA) is 97.0 Å². The van der Waals surface area contributed by atoms with Crippen molar-refractivity contribution in [1.82, 2.24) is 5.43 Å². The van der Waals surface area contributed by atoms with Crippen molar-refractivity contribution in [3.63, 3.8) is 0 Å². The smallest absolute Gasteiger partial charge is 0.298 e. The molecule has 0 amide bonds. The van der Waals surface area contributed by atoms with Gasteiger partial charge in [-0.1, -0.05) is 6.92 Å². The van der Waals surface area contributed by atoms with Crippen LogP contribution < -0.4 is 5.43 Å². The molecule has 1 rings (SSSR count). The van der Waals surface area contributed by atoms with Crippen LogP contribution in [0.15, 0.2) is 16.9 Å². The lowest BCUT2D eigenvalue weighted by atomic mass is 9.99. The summed E-state index contributed by atoms with van der Waals surface area (Å²) in [5, 5.41) is 23.9. The van der Waals surface area contributed by atoms with Gasteiger partial charge in [-0.05, 0) is 32.1 Å². The molecule has 0 aromatic heterocycles. The van der Waals surface area contributed by atoms with Crippen LogP contribution in [-0.4, -0.2) is 35.2 Å². The molecule has 2 N–H and O–H groups in total. The summed E-state index contributed by atoms with van der Waals surface area (Å²) in [6.45, 7) is 5.53. The molecule has 7 nitrogen and oxygen atoms in total. The quantitative estimate of drug-likeness (QED) is 0.393. The summed E-state index contributed by atoms with van der Waals surface area (Å²) < 4.78 is 5.28. The molecule has 108 valence electrons. The lowest BCUT2D eigenvalue weighted by molar-refractivity contribution is -0.437. The van der Waals surface area contributed by atoms with Crippen molar-refractivity contribution in [3.05, 3.63) is 21.9 Å². The second kappa shape index (κ2) is 7.85. The second-order valence-electron chi connectivity index (χ2n) is 4.59. The van der Waals surface area contributed by atoms with Crippen molar-refractivity contribution in [2.45, 2.75) is 39.3 Å². The normalized spacial score (nSPS) is 20.3. The predicted molar refractivity (Wildman–Crippen MR) is 71.2 cm³/mol. The van der Waals surface area contributed by atoms with Gasteiger partial charge in [-0.2, -0.15) is 5.10 Å². The Morgan fingerprint density at radius 2 is 2.37 bits per heavy atom. The molecule has 1 heterocycles. The first kappa shape index (κ1) is 15.6. The van der Waals surface area contributed by atoms with Crippen LogP contribution in [0.4, 0.5) is 0 Å². The second-order valence-corrected chi connectivity index (χ2v) is 4.59. The molecule has 0 aromatic carbocycles. The average molecular weight is 271 g/mol. The molecule has 0 saturated heterocycles. The number of nitrogens with one attached hydrogen (secondary N) is 1. The van der Waals surface area contributed by atoms with Crippen LogP contribution in [0.1, 0.15) is 33.1 Å². The van der Waals surface area contributed by atoms with Gasteiger partial charge in [0.15, 0.2) is 0 Å². The Hall–Kier alpha value is -1.47. The minimum Gasteiger partial charge on any atom is -0.382 e. The van der Waals surface area contributed by atoms with Crippen molar-refractivity contribution in [2.24, 2.45) is 11.0 Å². The van der Waals surface area contributed by atoms with Crippen molar-refractivity contribution >= 4 is 5.71 Å². The van der Waals surface area contributed by atoms with Crippen LogP contribution in [0.3, 0.4) is 0 Å². The zero-order chi connectivity index (χ0) is 14.3. The molecule has 0 radical (unpaired) electrons. The molecular formula is C12H21N3O4. The first-order valence-corrected chi connectivity index (χ1v) is 6.48. The number of aliphatic hydroxyl groups is 1. The molecule has 0 saturated carbocycles. The van der Waals surface area contributed by atoms with Gasteiger partial charge in [0.05, 0.1) is 10.6 Å². The van der Waals surface area contributed by atoms with Crippen LogP contribution in [0.2, 0.25) is 0 Å². The van der Waals surface area contributed by atoms with Crippen LogP contribution in [0.5, 0.6) is 0 Å². The predicted octanol–water partition coefficient (Wildman–Crippen LogP) is 1.27. The van der Waals surface area contributed by atoms with Gasteiger partial charge in [0.1, 0.15) is 0 Å². The van der Waals surface area contributed by atoms with E-state index in [-0.39, 0.29) is 5.70 Å². The van der Waals surface area contributed by atoms with Gasteiger partial charge < -0.3 is 9.84 Å². The van der Waals surface area contributed by atoms with E-state index in [4.69, 9.17) is 4.74 Å². The van der Waals surface area contributed by atoms with E-state index in [0.29, 0.717) is 18.1 Å². The Labute approximate surface area is 112 Å². The van der Waals surface area contributed by atoms with Gasteiger partial charge in [0.2, 0.25) is 6.23 Å². The molecule has 0 aromatic rings. The summed E-state index contributed by atoms with van der Waals surface area (Å²) in [4.78, 5) is 10.1. The molecule has 0 fully saturated rings. The fraction of sp³-hybridized carbons (Fsp3) is 0.750. The first-order chi connectivity index (χ1) is 9.04. The Morgan fingerprint density at radius 1 is 1.63 bits per heavy atom. The summed E-state index contributed by atoms with van der Waals surface area (Å²) in [5.41, 5.74) is 2.69. The van der Waals surface area contributed by atoms with Gasteiger partial charge in [-0.25, -0.2) is 0 Å². The molecule has 7 heteroatoms. The molecule has 19 heavy (non-hydrogen) atoms. The van der Waals surface area contributed by atoms with E-state index in [1.165, 1.54) is 6.08 Å². The van der Waals surface area contributed by atoms with E-state index in [1.54, 1.807) is 0 Å². The summed E-state index contributed by atoms with van der Waals surface area (Å²) in [6, 6.07) is 0. The lowest BCUT2D eigenvalue weighted by Crippen LogP contribution is -2.34. The Balaban J connectivity index is 2.39. The number of nitrogens with zero attached hydrogens (tertiary/aromatic N) is 2. The molecule has 2 unspecified atom stereocenters. The number of allylic oxidation sites excluding steroid dienone is 1.